The van der Waals surface area contributed by atoms with Gasteiger partial charge in [-0.1, -0.05) is 65.3 Å². The van der Waals surface area contributed by atoms with Crippen LogP contribution in [0.2, 0.25) is 0 Å². The summed E-state index contributed by atoms with van der Waals surface area (Å²) in [6.45, 7) is 16.9. The van der Waals surface area contributed by atoms with Gasteiger partial charge in [-0.15, -0.1) is 0 Å². The van der Waals surface area contributed by atoms with Gasteiger partial charge in [-0.25, -0.2) is 0 Å². The van der Waals surface area contributed by atoms with Gasteiger partial charge in [-0.2, -0.15) is 0 Å². The normalized spacial score (nSPS) is 27.5. The second-order valence-corrected chi connectivity index (χ2v) is 7.48. The fraction of sp³-hybridized carbons (Fsp3) is 0.765. The van der Waals surface area contributed by atoms with E-state index in [1.807, 2.05) is 12.2 Å². The van der Waals surface area contributed by atoms with E-state index in [-0.39, 0.29) is 23.4 Å². The molecule has 0 aromatic heterocycles. The summed E-state index contributed by atoms with van der Waals surface area (Å²) >= 11 is 0. The third-order valence-electron chi connectivity index (χ3n) is 3.64. The highest BCUT2D eigenvalue weighted by Crippen LogP contribution is 2.48. The minimum absolute atomic E-state index is 0.0635. The van der Waals surface area contributed by atoms with Crippen LogP contribution in [0.25, 0.3) is 0 Å². The Morgan fingerprint density at radius 1 is 1.16 bits per heavy atom. The van der Waals surface area contributed by atoms with Crippen molar-refractivity contribution < 1.29 is 10.2 Å². The topological polar surface area (TPSA) is 40.5 Å². The Morgan fingerprint density at radius 2 is 1.58 bits per heavy atom. The van der Waals surface area contributed by atoms with Gasteiger partial charge in [0.05, 0.1) is 5.60 Å². The van der Waals surface area contributed by atoms with Gasteiger partial charge in [0.2, 0.25) is 0 Å². The summed E-state index contributed by atoms with van der Waals surface area (Å²) in [5, 5.41) is 18.6. The molecule has 2 atom stereocenters. The van der Waals surface area contributed by atoms with Gasteiger partial charge in [0.25, 0.3) is 0 Å². The Morgan fingerprint density at radius 3 is 1.89 bits per heavy atom. The van der Waals surface area contributed by atoms with Crippen molar-refractivity contribution in [3.8, 4) is 0 Å². The van der Waals surface area contributed by atoms with Gasteiger partial charge < -0.3 is 10.2 Å². The van der Waals surface area contributed by atoms with Crippen LogP contribution in [0.5, 0.6) is 0 Å². The van der Waals surface area contributed by atoms with Gasteiger partial charge >= 0.3 is 0 Å². The molecule has 1 rings (SSSR count). The van der Waals surface area contributed by atoms with Crippen LogP contribution < -0.4 is 0 Å². The lowest BCUT2D eigenvalue weighted by atomic mass is 9.59. The second-order valence-electron chi connectivity index (χ2n) is 7.48. The highest BCUT2D eigenvalue weighted by molar-refractivity contribution is 5.31. The molecule has 0 aromatic carbocycles. The lowest BCUT2D eigenvalue weighted by Gasteiger charge is -2.49. The molecule has 0 fully saturated rings. The average molecular weight is 268 g/mol. The molecule has 19 heavy (non-hydrogen) atoms. The minimum atomic E-state index is -0.759. The summed E-state index contributed by atoms with van der Waals surface area (Å²) in [6.07, 6.45) is 6.23. The quantitative estimate of drug-likeness (QED) is 0.698. The largest absolute Gasteiger partial charge is 0.397 e. The van der Waals surface area contributed by atoms with Crippen LogP contribution in [0.4, 0.5) is 0 Å². The van der Waals surface area contributed by atoms with Crippen molar-refractivity contribution in [2.24, 2.45) is 16.7 Å². The first-order valence-electron chi connectivity index (χ1n) is 7.11. The Labute approximate surface area is 119 Å². The molecule has 0 saturated heterocycles. The van der Waals surface area contributed by atoms with Crippen molar-refractivity contribution in [2.45, 2.75) is 61.0 Å². The maximum Gasteiger partial charge on any atom is 0.0946 e. The Hall–Kier alpha value is -0.600. The predicted molar refractivity (Wildman–Crippen MR) is 83.0 cm³/mol. The number of hydrogen-bond acceptors (Lipinski definition) is 2. The summed E-state index contributed by atoms with van der Waals surface area (Å²) in [7, 11) is 0. The van der Waals surface area contributed by atoms with Crippen LogP contribution in [0.1, 0.15) is 55.4 Å². The van der Waals surface area contributed by atoms with Crippen molar-refractivity contribution >= 4 is 0 Å². The number of allylic oxidation sites excluding steroid dienone is 2. The number of aliphatic hydroxyl groups excluding tert-OH is 1. The highest BCUT2D eigenvalue weighted by Gasteiger charge is 2.49. The van der Waals surface area contributed by atoms with E-state index in [1.165, 1.54) is 5.57 Å². The zero-order valence-electron chi connectivity index (χ0n) is 13.9. The van der Waals surface area contributed by atoms with Crippen LogP contribution in [-0.4, -0.2) is 22.4 Å². The Balaban J connectivity index is 0.000000982. The van der Waals surface area contributed by atoms with E-state index in [0.29, 0.717) is 0 Å². The van der Waals surface area contributed by atoms with Gasteiger partial charge in [-0.05, 0) is 24.7 Å². The predicted octanol–water partition coefficient (Wildman–Crippen LogP) is 3.94. The molecular formula is C17H32O2. The van der Waals surface area contributed by atoms with Gasteiger partial charge in [-0.3, -0.25) is 0 Å². The van der Waals surface area contributed by atoms with E-state index in [4.69, 9.17) is 5.11 Å². The highest BCUT2D eigenvalue weighted by atomic mass is 16.3. The minimum Gasteiger partial charge on any atom is -0.397 e. The fourth-order valence-electron chi connectivity index (χ4n) is 2.43. The molecule has 0 saturated carbocycles. The van der Waals surface area contributed by atoms with Crippen molar-refractivity contribution in [2.75, 3.05) is 6.61 Å². The first kappa shape index (κ1) is 18.4. The monoisotopic (exact) mass is 268 g/mol. The molecule has 112 valence electrons. The van der Waals surface area contributed by atoms with Crippen LogP contribution in [-0.2, 0) is 0 Å². The summed E-state index contributed by atoms with van der Waals surface area (Å²) in [4.78, 5) is 0. The average Bonchev–Trinajstić information content (AvgIpc) is 2.20. The van der Waals surface area contributed by atoms with Crippen molar-refractivity contribution in [3.63, 3.8) is 0 Å². The number of aliphatic hydroxyl groups is 2. The summed E-state index contributed by atoms with van der Waals surface area (Å²) in [5.74, 6) is 0.157. The smallest absolute Gasteiger partial charge is 0.0946 e. The maximum absolute atomic E-state index is 11.0. The molecule has 2 N–H and O–H groups in total. The molecule has 0 bridgehead atoms. The molecule has 0 amide bonds. The summed E-state index contributed by atoms with van der Waals surface area (Å²) in [6, 6.07) is 0. The lowest BCUT2D eigenvalue weighted by molar-refractivity contribution is -0.0804. The third kappa shape index (κ3) is 4.47. The first-order valence-corrected chi connectivity index (χ1v) is 7.11. The second kappa shape index (κ2) is 6.23. The van der Waals surface area contributed by atoms with Gasteiger partial charge in [0.1, 0.15) is 0 Å². The molecule has 0 aliphatic heterocycles. The van der Waals surface area contributed by atoms with E-state index < -0.39 is 5.60 Å². The van der Waals surface area contributed by atoms with E-state index in [9.17, 15) is 5.11 Å². The van der Waals surface area contributed by atoms with E-state index in [0.717, 1.165) is 0 Å². The molecule has 1 aliphatic carbocycles. The zero-order valence-corrected chi connectivity index (χ0v) is 13.9. The molecule has 1 aliphatic rings. The number of hydrogen-bond donors (Lipinski definition) is 2. The van der Waals surface area contributed by atoms with Crippen LogP contribution in [0, 0.1) is 16.7 Å². The van der Waals surface area contributed by atoms with Crippen molar-refractivity contribution in [3.05, 3.63) is 23.8 Å². The lowest BCUT2D eigenvalue weighted by Crippen LogP contribution is -2.52. The van der Waals surface area contributed by atoms with Crippen LogP contribution in [0.3, 0.4) is 0 Å². The Kier molecular flexibility index (Phi) is 6.04. The van der Waals surface area contributed by atoms with Crippen molar-refractivity contribution in [1.29, 1.82) is 0 Å². The van der Waals surface area contributed by atoms with Crippen molar-refractivity contribution in [1.82, 2.24) is 0 Å². The molecule has 2 nitrogen and oxygen atoms in total. The molecular weight excluding hydrogens is 236 g/mol. The Bertz CT molecular complexity index is 339. The number of rotatable bonds is 0. The van der Waals surface area contributed by atoms with E-state index in [1.54, 1.807) is 6.92 Å². The zero-order chi connectivity index (χ0) is 15.5. The SMILES string of the molecule is CC1=CC(C(C)(C)C)C(O)(C(C)(C)C)C=C1.CCO. The standard InChI is InChI=1S/C15H26O.C2H6O/c1-11-8-9-15(16,14(5,6)7)12(10-11)13(2,3)4;1-2-3/h8-10,12,16H,1-7H3;3H,2H2,1H3. The van der Waals surface area contributed by atoms with E-state index in [2.05, 4.69) is 54.5 Å². The van der Waals surface area contributed by atoms with Crippen LogP contribution >= 0.6 is 0 Å². The molecule has 0 spiro atoms. The molecule has 0 radical (unpaired) electrons. The van der Waals surface area contributed by atoms with Crippen LogP contribution in [0.15, 0.2) is 23.8 Å². The van der Waals surface area contributed by atoms with Gasteiger partial charge in [0, 0.05) is 12.5 Å². The third-order valence-corrected chi connectivity index (χ3v) is 3.64. The first-order chi connectivity index (χ1) is 8.40. The molecule has 2 unspecified atom stereocenters. The molecule has 0 heterocycles. The van der Waals surface area contributed by atoms with Gasteiger partial charge in [0.15, 0.2) is 0 Å². The summed E-state index contributed by atoms with van der Waals surface area (Å²) in [5.41, 5.74) is 0.395. The molecule has 0 aromatic rings. The molecule has 2 heteroatoms. The maximum atomic E-state index is 11.0. The summed E-state index contributed by atoms with van der Waals surface area (Å²) < 4.78 is 0. The van der Waals surface area contributed by atoms with E-state index >= 15 is 0 Å². The fourth-order valence-corrected chi connectivity index (χ4v) is 2.43.